The van der Waals surface area contributed by atoms with Crippen molar-refractivity contribution in [2.24, 2.45) is 5.41 Å². The Balaban J connectivity index is 1.87. The number of rotatable bonds is 7. The van der Waals surface area contributed by atoms with Crippen LogP contribution in [0.1, 0.15) is 25.6 Å². The molecule has 0 radical (unpaired) electrons. The van der Waals surface area contributed by atoms with Crippen molar-refractivity contribution >= 4 is 40.6 Å². The number of halogens is 3. The van der Waals surface area contributed by atoms with Crippen LogP contribution in [0.25, 0.3) is 0 Å². The molecule has 1 unspecified atom stereocenters. The Bertz CT molecular complexity index is 957. The molecular weight excluding hydrogens is 421 g/mol. The molecule has 0 saturated heterocycles. The number of Topliss-reactive ketones (excluding diaryl/α,β-unsaturated/α-hetero) is 1. The first kappa shape index (κ1) is 20.6. The van der Waals surface area contributed by atoms with Gasteiger partial charge in [0, 0.05) is 20.5 Å². The van der Waals surface area contributed by atoms with Crippen LogP contribution in [0.2, 0.25) is 15.1 Å². The van der Waals surface area contributed by atoms with Gasteiger partial charge in [0.15, 0.2) is 0 Å². The van der Waals surface area contributed by atoms with E-state index in [1.54, 1.807) is 36.4 Å². The average molecular weight is 439 g/mol. The van der Waals surface area contributed by atoms with E-state index in [0.29, 0.717) is 27.2 Å². The van der Waals surface area contributed by atoms with Crippen LogP contribution in [0.15, 0.2) is 55.1 Å². The van der Waals surface area contributed by atoms with Crippen molar-refractivity contribution in [3.05, 3.63) is 75.8 Å². The highest BCUT2D eigenvalue weighted by Gasteiger charge is 2.37. The molecule has 28 heavy (non-hydrogen) atoms. The molecule has 0 bridgehead atoms. The fourth-order valence-electron chi connectivity index (χ4n) is 2.77. The first-order valence-electron chi connectivity index (χ1n) is 8.51. The monoisotopic (exact) mass is 437 g/mol. The van der Waals surface area contributed by atoms with Gasteiger partial charge in [-0.25, -0.2) is 9.67 Å². The average Bonchev–Trinajstić information content (AvgIpc) is 3.17. The molecule has 0 aliphatic rings. The third-order valence-electron chi connectivity index (χ3n) is 4.28. The predicted octanol–water partition coefficient (Wildman–Crippen LogP) is 5.65. The molecule has 0 amide bonds. The van der Waals surface area contributed by atoms with Gasteiger partial charge in [-0.15, -0.1) is 0 Å². The van der Waals surface area contributed by atoms with E-state index in [1.807, 2.05) is 19.9 Å². The maximum absolute atomic E-state index is 13.4. The van der Waals surface area contributed by atoms with E-state index in [4.69, 9.17) is 39.5 Å². The number of ketones is 1. The minimum absolute atomic E-state index is 0.168. The molecule has 1 heterocycles. The molecule has 8 heteroatoms. The largest absolute Gasteiger partial charge is 0.461 e. The van der Waals surface area contributed by atoms with Gasteiger partial charge in [0.05, 0.1) is 0 Å². The second-order valence-corrected chi connectivity index (χ2v) is 8.24. The second-order valence-electron chi connectivity index (χ2n) is 6.96. The van der Waals surface area contributed by atoms with Crippen LogP contribution in [0.3, 0.4) is 0 Å². The quantitative estimate of drug-likeness (QED) is 0.478. The summed E-state index contributed by atoms with van der Waals surface area (Å²) in [6, 6.07) is 12.0. The van der Waals surface area contributed by atoms with Crippen LogP contribution in [0.4, 0.5) is 0 Å². The van der Waals surface area contributed by atoms with E-state index in [-0.39, 0.29) is 5.78 Å². The summed E-state index contributed by atoms with van der Waals surface area (Å²) in [4.78, 5) is 17.3. The van der Waals surface area contributed by atoms with Gasteiger partial charge in [0.2, 0.25) is 5.78 Å². The summed E-state index contributed by atoms with van der Waals surface area (Å²) in [5.74, 6) is 0.331. The standard InChI is InChI=1S/C20H18Cl3N3O2/c1-20(2,10-13-3-4-15(22)9-17(13)23)18(27)19(26-12-24-11-25-26)28-16-7-5-14(21)6-8-16/h3-9,11-12,19H,10H2,1-2H3. The summed E-state index contributed by atoms with van der Waals surface area (Å²) in [6.45, 7) is 3.69. The number of nitrogens with zero attached hydrogens (tertiary/aromatic N) is 3. The van der Waals surface area contributed by atoms with Crippen molar-refractivity contribution in [3.63, 3.8) is 0 Å². The minimum atomic E-state index is -0.982. The molecule has 1 aromatic heterocycles. The van der Waals surface area contributed by atoms with Crippen molar-refractivity contribution in [1.82, 2.24) is 14.8 Å². The predicted molar refractivity (Wildman–Crippen MR) is 110 cm³/mol. The van der Waals surface area contributed by atoms with E-state index < -0.39 is 11.6 Å². The molecule has 0 saturated carbocycles. The van der Waals surface area contributed by atoms with Crippen LogP contribution in [0.5, 0.6) is 5.75 Å². The van der Waals surface area contributed by atoms with Gasteiger partial charge in [-0.05, 0) is 48.4 Å². The van der Waals surface area contributed by atoms with Crippen LogP contribution >= 0.6 is 34.8 Å². The molecule has 1 atom stereocenters. The second kappa shape index (κ2) is 8.52. The highest BCUT2D eigenvalue weighted by Crippen LogP contribution is 2.33. The fraction of sp³-hybridized carbons (Fsp3) is 0.250. The highest BCUT2D eigenvalue weighted by molar-refractivity contribution is 6.35. The van der Waals surface area contributed by atoms with Crippen molar-refractivity contribution in [3.8, 4) is 5.75 Å². The Morgan fingerprint density at radius 3 is 2.39 bits per heavy atom. The van der Waals surface area contributed by atoms with Gasteiger partial charge in [0.1, 0.15) is 18.4 Å². The first-order valence-corrected chi connectivity index (χ1v) is 9.64. The maximum atomic E-state index is 13.4. The summed E-state index contributed by atoms with van der Waals surface area (Å²) in [5, 5.41) is 5.73. The van der Waals surface area contributed by atoms with Crippen LogP contribution in [-0.2, 0) is 11.2 Å². The Kier molecular flexibility index (Phi) is 6.28. The number of ether oxygens (including phenoxy) is 1. The molecular formula is C20H18Cl3N3O2. The zero-order chi connectivity index (χ0) is 20.3. The Morgan fingerprint density at radius 2 is 1.79 bits per heavy atom. The minimum Gasteiger partial charge on any atom is -0.461 e. The Hall–Kier alpha value is -2.08. The number of carbonyl (C=O) groups excluding carboxylic acids is 1. The van der Waals surface area contributed by atoms with E-state index in [1.165, 1.54) is 17.3 Å². The zero-order valence-electron chi connectivity index (χ0n) is 15.3. The lowest BCUT2D eigenvalue weighted by atomic mass is 9.81. The summed E-state index contributed by atoms with van der Waals surface area (Å²) >= 11 is 18.2. The van der Waals surface area contributed by atoms with Crippen LogP contribution in [0, 0.1) is 5.41 Å². The van der Waals surface area contributed by atoms with Gasteiger partial charge < -0.3 is 4.74 Å². The highest BCUT2D eigenvalue weighted by atomic mass is 35.5. The van der Waals surface area contributed by atoms with E-state index in [9.17, 15) is 4.79 Å². The van der Waals surface area contributed by atoms with E-state index in [2.05, 4.69) is 10.1 Å². The molecule has 0 fully saturated rings. The number of aromatic nitrogens is 3. The van der Waals surface area contributed by atoms with Crippen LogP contribution in [-0.4, -0.2) is 20.5 Å². The van der Waals surface area contributed by atoms with Gasteiger partial charge in [-0.1, -0.05) is 54.7 Å². The molecule has 0 N–H and O–H groups in total. The molecule has 0 aliphatic heterocycles. The summed E-state index contributed by atoms with van der Waals surface area (Å²) in [5.41, 5.74) is 0.0359. The lowest BCUT2D eigenvalue weighted by molar-refractivity contribution is -0.139. The SMILES string of the molecule is CC(C)(Cc1ccc(Cl)cc1Cl)C(=O)C(Oc1ccc(Cl)cc1)n1cncn1. The van der Waals surface area contributed by atoms with Crippen molar-refractivity contribution in [2.45, 2.75) is 26.5 Å². The Morgan fingerprint density at radius 1 is 1.11 bits per heavy atom. The lowest BCUT2D eigenvalue weighted by Crippen LogP contribution is -2.37. The molecule has 2 aromatic carbocycles. The lowest BCUT2D eigenvalue weighted by Gasteiger charge is -2.29. The van der Waals surface area contributed by atoms with Gasteiger partial charge >= 0.3 is 0 Å². The zero-order valence-corrected chi connectivity index (χ0v) is 17.5. The van der Waals surface area contributed by atoms with Crippen molar-refractivity contribution in [2.75, 3.05) is 0 Å². The molecule has 3 aromatic rings. The third-order valence-corrected chi connectivity index (χ3v) is 5.12. The molecule has 5 nitrogen and oxygen atoms in total. The van der Waals surface area contributed by atoms with Gasteiger partial charge in [-0.2, -0.15) is 5.10 Å². The smallest absolute Gasteiger partial charge is 0.252 e. The van der Waals surface area contributed by atoms with E-state index in [0.717, 1.165) is 5.56 Å². The van der Waals surface area contributed by atoms with Crippen molar-refractivity contribution in [1.29, 1.82) is 0 Å². The summed E-state index contributed by atoms with van der Waals surface area (Å²) in [7, 11) is 0. The normalized spacial score (nSPS) is 12.6. The Labute approximate surface area is 178 Å². The van der Waals surface area contributed by atoms with Crippen LogP contribution < -0.4 is 4.74 Å². The first-order chi connectivity index (χ1) is 13.3. The fourth-order valence-corrected chi connectivity index (χ4v) is 3.37. The maximum Gasteiger partial charge on any atom is 0.252 e. The molecule has 0 aliphatic carbocycles. The number of hydrogen-bond acceptors (Lipinski definition) is 4. The number of benzene rings is 2. The molecule has 146 valence electrons. The number of hydrogen-bond donors (Lipinski definition) is 0. The third kappa shape index (κ3) is 4.85. The van der Waals surface area contributed by atoms with E-state index >= 15 is 0 Å². The number of carbonyl (C=O) groups is 1. The van der Waals surface area contributed by atoms with Crippen molar-refractivity contribution < 1.29 is 9.53 Å². The van der Waals surface area contributed by atoms with Gasteiger partial charge in [-0.3, -0.25) is 4.79 Å². The van der Waals surface area contributed by atoms with Gasteiger partial charge in [0.25, 0.3) is 6.23 Å². The molecule has 3 rings (SSSR count). The summed E-state index contributed by atoms with van der Waals surface area (Å²) < 4.78 is 7.34. The molecule has 0 spiro atoms. The topological polar surface area (TPSA) is 57.0 Å². The summed E-state index contributed by atoms with van der Waals surface area (Å²) in [6.07, 6.45) is 2.24.